The van der Waals surface area contributed by atoms with Crippen LogP contribution in [-0.4, -0.2) is 30.2 Å². The molecular weight excluding hydrogens is 404 g/mol. The molecule has 0 spiro atoms. The summed E-state index contributed by atoms with van der Waals surface area (Å²) in [6, 6.07) is 0. The number of allylic oxidation sites excluding steroid dienone is 2. The van der Waals surface area contributed by atoms with Crippen molar-refractivity contribution in [3.05, 3.63) is 11.1 Å². The maximum absolute atomic E-state index is 6.60. The lowest BCUT2D eigenvalue weighted by molar-refractivity contribution is 0.392. The number of alkyl halides is 7. The highest BCUT2D eigenvalue weighted by Crippen LogP contribution is 2.77. The molecule has 2 saturated carbocycles. The van der Waals surface area contributed by atoms with Crippen LogP contribution in [0, 0.1) is 11.8 Å². The van der Waals surface area contributed by atoms with Crippen molar-refractivity contribution in [2.45, 2.75) is 30.2 Å². The number of halogens is 8. The van der Waals surface area contributed by atoms with Crippen LogP contribution in [0.5, 0.6) is 0 Å². The molecule has 0 aromatic heterocycles. The Kier molecular flexibility index (Phi) is 3.39. The first-order chi connectivity index (χ1) is 8.10. The molecule has 2 bridgehead atoms. The Balaban J connectivity index is 2.24. The molecule has 18 heavy (non-hydrogen) atoms. The first kappa shape index (κ1) is 15.0. The second-order valence-electron chi connectivity index (χ2n) is 4.93. The van der Waals surface area contributed by atoms with Gasteiger partial charge in [0.2, 0.25) is 0 Å². The first-order valence-corrected chi connectivity index (χ1v) is 8.37. The molecule has 102 valence electrons. The number of hydrogen-bond acceptors (Lipinski definition) is 0. The van der Waals surface area contributed by atoms with E-state index in [-0.39, 0.29) is 11.8 Å². The van der Waals surface area contributed by atoms with Crippen molar-refractivity contribution in [2.24, 2.45) is 11.8 Å². The van der Waals surface area contributed by atoms with Gasteiger partial charge in [-0.3, -0.25) is 0 Å². The van der Waals surface area contributed by atoms with E-state index in [0.29, 0.717) is 5.03 Å². The summed E-state index contributed by atoms with van der Waals surface area (Å²) < 4.78 is -1.47. The van der Waals surface area contributed by atoms with Gasteiger partial charge in [-0.2, -0.15) is 0 Å². The Morgan fingerprint density at radius 1 is 0.833 bits per heavy atom. The van der Waals surface area contributed by atoms with Crippen molar-refractivity contribution in [3.8, 4) is 0 Å². The van der Waals surface area contributed by atoms with E-state index in [1.165, 1.54) is 0 Å². The van der Waals surface area contributed by atoms with Gasteiger partial charge in [-0.15, -0.1) is 58.0 Å². The van der Waals surface area contributed by atoms with Crippen molar-refractivity contribution >= 4 is 92.8 Å². The molecule has 3 aliphatic carbocycles. The fourth-order valence-electron chi connectivity index (χ4n) is 3.41. The van der Waals surface area contributed by atoms with Crippen LogP contribution >= 0.6 is 92.8 Å². The van der Waals surface area contributed by atoms with Crippen molar-refractivity contribution in [1.29, 1.82) is 0 Å². The van der Waals surface area contributed by atoms with Crippen LogP contribution in [0.2, 0.25) is 0 Å². The molecule has 8 heteroatoms. The molecule has 0 aromatic rings. The molecule has 7 atom stereocenters. The average molecular weight is 410 g/mol. The standard InChI is InChI=1S/C10H6Cl8/c11-2-1-8(15)3-4(6(13)7(14)5(3)12)9(2,16)10(8,17)18/h1,3-7H/t3?,4?,5-,6-,7-,8+,9?/m1/s1. The van der Waals surface area contributed by atoms with Gasteiger partial charge in [-0.05, 0) is 6.08 Å². The molecule has 0 amide bonds. The summed E-state index contributed by atoms with van der Waals surface area (Å²) in [5, 5.41) is -1.10. The highest BCUT2D eigenvalue weighted by Gasteiger charge is 2.83. The van der Waals surface area contributed by atoms with Gasteiger partial charge in [-0.25, -0.2) is 0 Å². The summed E-state index contributed by atoms with van der Waals surface area (Å²) in [5.41, 5.74) is 0. The van der Waals surface area contributed by atoms with Gasteiger partial charge in [0.05, 0.1) is 16.1 Å². The molecule has 3 rings (SSSR count). The predicted molar refractivity (Wildman–Crippen MR) is 81.4 cm³/mol. The average Bonchev–Trinajstić information content (AvgIpc) is 2.63. The highest BCUT2D eigenvalue weighted by molar-refractivity contribution is 6.63. The van der Waals surface area contributed by atoms with Crippen LogP contribution in [0.4, 0.5) is 0 Å². The SMILES string of the molecule is ClC1=C[C@]2(Cl)C3C([C@@H](Cl)[C@H](Cl)[C@@H]3Cl)C1(Cl)C2(Cl)Cl. The summed E-state index contributed by atoms with van der Waals surface area (Å²) in [4.78, 5) is -2.39. The third-order valence-electron chi connectivity index (χ3n) is 4.25. The second kappa shape index (κ2) is 4.07. The lowest BCUT2D eigenvalue weighted by Crippen LogP contribution is -2.47. The molecular formula is C10H6Cl8. The lowest BCUT2D eigenvalue weighted by Gasteiger charge is -2.35. The topological polar surface area (TPSA) is 0 Å². The molecule has 0 aliphatic heterocycles. The Morgan fingerprint density at radius 3 is 1.89 bits per heavy atom. The summed E-state index contributed by atoms with van der Waals surface area (Å²) in [6.45, 7) is 0. The maximum Gasteiger partial charge on any atom is 0.165 e. The summed E-state index contributed by atoms with van der Waals surface area (Å²) in [5.74, 6) is -0.684. The van der Waals surface area contributed by atoms with Crippen molar-refractivity contribution in [3.63, 3.8) is 0 Å². The minimum Gasteiger partial charge on any atom is -0.121 e. The third-order valence-corrected chi connectivity index (χ3v) is 9.63. The number of fused-ring (bicyclic) bond motifs is 5. The fraction of sp³-hybridized carbons (Fsp3) is 0.800. The Morgan fingerprint density at radius 2 is 1.33 bits per heavy atom. The van der Waals surface area contributed by atoms with E-state index in [9.17, 15) is 0 Å². The summed E-state index contributed by atoms with van der Waals surface area (Å²) in [6.07, 6.45) is 1.58. The van der Waals surface area contributed by atoms with E-state index in [1.54, 1.807) is 6.08 Å². The van der Waals surface area contributed by atoms with Gasteiger partial charge in [0, 0.05) is 16.9 Å². The van der Waals surface area contributed by atoms with E-state index in [1.807, 2.05) is 0 Å². The molecule has 3 aliphatic rings. The van der Waals surface area contributed by atoms with Gasteiger partial charge in [0.15, 0.2) is 4.33 Å². The Hall–Kier alpha value is 2.06. The zero-order valence-electron chi connectivity index (χ0n) is 8.49. The number of hydrogen-bond donors (Lipinski definition) is 0. The van der Waals surface area contributed by atoms with Gasteiger partial charge in [-0.1, -0.05) is 34.8 Å². The van der Waals surface area contributed by atoms with E-state index >= 15 is 0 Å². The van der Waals surface area contributed by atoms with Crippen molar-refractivity contribution in [2.75, 3.05) is 0 Å². The van der Waals surface area contributed by atoms with Gasteiger partial charge in [0.25, 0.3) is 0 Å². The van der Waals surface area contributed by atoms with E-state index < -0.39 is 30.2 Å². The first-order valence-electron chi connectivity index (χ1n) is 5.17. The molecule has 0 saturated heterocycles. The Bertz CT molecular complexity index is 447. The van der Waals surface area contributed by atoms with Crippen LogP contribution in [0.3, 0.4) is 0 Å². The Labute approximate surface area is 145 Å². The van der Waals surface area contributed by atoms with Gasteiger partial charge < -0.3 is 0 Å². The highest BCUT2D eigenvalue weighted by atomic mass is 35.5. The molecule has 3 unspecified atom stereocenters. The third kappa shape index (κ3) is 1.32. The van der Waals surface area contributed by atoms with Gasteiger partial charge in [0.1, 0.15) is 9.75 Å². The number of rotatable bonds is 0. The van der Waals surface area contributed by atoms with Crippen LogP contribution in [0.25, 0.3) is 0 Å². The minimum absolute atomic E-state index is 0.311. The van der Waals surface area contributed by atoms with E-state index in [4.69, 9.17) is 92.8 Å². The zero-order chi connectivity index (χ0) is 13.7. The van der Waals surface area contributed by atoms with Crippen LogP contribution < -0.4 is 0 Å². The normalized spacial score (nSPS) is 60.9. The fourth-order valence-corrected chi connectivity index (χ4v) is 7.41. The van der Waals surface area contributed by atoms with Crippen molar-refractivity contribution in [1.82, 2.24) is 0 Å². The molecule has 0 heterocycles. The van der Waals surface area contributed by atoms with Crippen LogP contribution in [-0.2, 0) is 0 Å². The molecule has 0 N–H and O–H groups in total. The quantitative estimate of drug-likeness (QED) is 0.474. The maximum atomic E-state index is 6.60. The monoisotopic (exact) mass is 406 g/mol. The second-order valence-corrected chi connectivity index (χ2v) is 9.40. The lowest BCUT2D eigenvalue weighted by atomic mass is 9.84. The summed E-state index contributed by atoms with van der Waals surface area (Å²) >= 11 is 51.0. The van der Waals surface area contributed by atoms with Gasteiger partial charge >= 0.3 is 0 Å². The zero-order valence-corrected chi connectivity index (χ0v) is 14.5. The van der Waals surface area contributed by atoms with E-state index in [2.05, 4.69) is 0 Å². The minimum atomic E-state index is -1.47. The predicted octanol–water partition coefficient (Wildman–Crippen LogP) is 5.33. The van der Waals surface area contributed by atoms with Crippen LogP contribution in [0.1, 0.15) is 0 Å². The molecule has 0 aromatic carbocycles. The largest absolute Gasteiger partial charge is 0.165 e. The van der Waals surface area contributed by atoms with Crippen LogP contribution in [0.15, 0.2) is 11.1 Å². The smallest absolute Gasteiger partial charge is 0.121 e. The molecule has 0 radical (unpaired) electrons. The van der Waals surface area contributed by atoms with E-state index in [0.717, 1.165) is 0 Å². The molecule has 0 nitrogen and oxygen atoms in total. The summed E-state index contributed by atoms with van der Waals surface area (Å²) in [7, 11) is 0. The van der Waals surface area contributed by atoms with Crippen molar-refractivity contribution < 1.29 is 0 Å². The molecule has 2 fully saturated rings.